The van der Waals surface area contributed by atoms with E-state index in [1.54, 1.807) is 0 Å². The number of amidine groups is 2. The molecular formula is C45H58N8O6. The number of benzene rings is 3. The molecule has 59 heavy (non-hydrogen) atoms. The van der Waals surface area contributed by atoms with Crippen molar-refractivity contribution < 1.29 is 28.7 Å². The summed E-state index contributed by atoms with van der Waals surface area (Å²) in [4.78, 5) is 64.8. The molecule has 2 fully saturated rings. The number of nitrogens with one attached hydrogen (secondary N) is 4. The van der Waals surface area contributed by atoms with Crippen LogP contribution in [0.5, 0.6) is 0 Å². The van der Waals surface area contributed by atoms with Crippen LogP contribution in [0.15, 0.2) is 70.6 Å². The van der Waals surface area contributed by atoms with Gasteiger partial charge in [-0.25, -0.2) is 9.59 Å². The molecule has 0 spiro atoms. The van der Waals surface area contributed by atoms with Gasteiger partial charge < -0.3 is 40.5 Å². The third-order valence-corrected chi connectivity index (χ3v) is 12.8. The highest BCUT2D eigenvalue weighted by atomic mass is 16.5. The van der Waals surface area contributed by atoms with Crippen molar-refractivity contribution in [3.63, 3.8) is 0 Å². The lowest BCUT2D eigenvalue weighted by Gasteiger charge is -2.32. The number of aliphatic imine (C=N–C) groups is 2. The Hall–Kier alpha value is -5.66. The maximum Gasteiger partial charge on any atom is 0.407 e. The van der Waals surface area contributed by atoms with Gasteiger partial charge in [0.25, 0.3) is 0 Å². The topological polar surface area (TPSA) is 166 Å². The van der Waals surface area contributed by atoms with Crippen molar-refractivity contribution in [2.24, 2.45) is 15.9 Å². The van der Waals surface area contributed by atoms with Crippen LogP contribution in [0.3, 0.4) is 0 Å². The SMILES string of the molecule is CC[C@H](NC(=O)OC)C(=O)N1C(C)[C@H](C)C[C@H]1C1=NCC(c2ccc(-c3ccc4cc(C5CN=C([C@@H]6CC[C@@H](C)N6C(=O)[C@H](CC)NC(=O)OC)N5)ccc4c3)cc2)N1. The first kappa shape index (κ1) is 41.5. The Kier molecular flexibility index (Phi) is 12.4. The van der Waals surface area contributed by atoms with Crippen molar-refractivity contribution in [1.82, 2.24) is 31.1 Å². The lowest BCUT2D eigenvalue weighted by atomic mass is 9.96. The largest absolute Gasteiger partial charge is 0.453 e. The fourth-order valence-electron chi connectivity index (χ4n) is 9.15. The van der Waals surface area contributed by atoms with Crippen LogP contribution in [0.1, 0.15) is 89.9 Å². The highest BCUT2D eigenvalue weighted by Crippen LogP contribution is 2.35. The Balaban J connectivity index is 0.979. The van der Waals surface area contributed by atoms with Crippen LogP contribution in [-0.4, -0.2) is 109 Å². The van der Waals surface area contributed by atoms with Gasteiger partial charge in [-0.15, -0.1) is 0 Å². The van der Waals surface area contributed by atoms with Gasteiger partial charge in [0.05, 0.1) is 51.5 Å². The van der Waals surface area contributed by atoms with Crippen molar-refractivity contribution in [1.29, 1.82) is 0 Å². The zero-order chi connectivity index (χ0) is 42.0. The smallest absolute Gasteiger partial charge is 0.407 e. The number of alkyl carbamates (subject to hydrolysis) is 2. The van der Waals surface area contributed by atoms with Crippen molar-refractivity contribution in [2.45, 2.75) is 115 Å². The summed E-state index contributed by atoms with van der Waals surface area (Å²) in [6, 6.07) is 20.0. The molecule has 3 aromatic carbocycles. The fraction of sp³-hybridized carbons (Fsp3) is 0.511. The van der Waals surface area contributed by atoms with E-state index in [0.717, 1.165) is 64.0 Å². The standard InChI is InChI=1S/C45H58N8O6/c1-8-34(50-44(56)58-6)42(54)52-26(4)10-19-38(52)40-46-24-37(49-40)33-18-17-31-21-30(15-16-32(31)22-33)28-11-13-29(14-12-28)36-23-47-41(48-36)39-20-25(3)27(5)53(39)43(55)35(9-2)51-45(57)59-7/h11-18,21-22,25-27,34-39H,8-10,19-20,23-24H2,1-7H3,(H,46,49)(H,47,48)(H,50,56)(H,51,57)/t25-,26-,27?,34+,35+,36?,37?,38+,39+/m1/s1. The molecule has 0 aromatic heterocycles. The number of carbonyl (C=O) groups is 4. The third kappa shape index (κ3) is 8.44. The van der Waals surface area contributed by atoms with Gasteiger partial charge in [0, 0.05) is 12.1 Å². The number of hydrogen-bond donors (Lipinski definition) is 4. The number of fused-ring (bicyclic) bond motifs is 1. The Morgan fingerprint density at radius 1 is 0.695 bits per heavy atom. The summed E-state index contributed by atoms with van der Waals surface area (Å²) in [5.74, 6) is 1.70. The van der Waals surface area contributed by atoms with Crippen molar-refractivity contribution in [3.8, 4) is 11.1 Å². The Bertz CT molecular complexity index is 2120. The predicted molar refractivity (Wildman–Crippen MR) is 228 cm³/mol. The number of amides is 4. The van der Waals surface area contributed by atoms with E-state index < -0.39 is 24.3 Å². The summed E-state index contributed by atoms with van der Waals surface area (Å²) in [5.41, 5.74) is 4.50. The molecule has 0 aliphatic carbocycles. The van der Waals surface area contributed by atoms with Gasteiger partial charge in [0.1, 0.15) is 23.8 Å². The normalized spacial score (nSPS) is 26.1. The average Bonchev–Trinajstić information content (AvgIpc) is 4.08. The number of methoxy groups -OCH3 is 2. The van der Waals surface area contributed by atoms with E-state index in [0.29, 0.717) is 25.9 Å². The summed E-state index contributed by atoms with van der Waals surface area (Å²) < 4.78 is 9.53. The number of nitrogens with zero attached hydrogens (tertiary/aromatic N) is 4. The second-order valence-electron chi connectivity index (χ2n) is 16.4. The summed E-state index contributed by atoms with van der Waals surface area (Å²) in [6.45, 7) is 11.2. The highest BCUT2D eigenvalue weighted by Gasteiger charge is 2.45. The van der Waals surface area contributed by atoms with Crippen LogP contribution in [-0.2, 0) is 19.1 Å². The van der Waals surface area contributed by atoms with Crippen LogP contribution >= 0.6 is 0 Å². The predicted octanol–water partition coefficient (Wildman–Crippen LogP) is 5.87. The highest BCUT2D eigenvalue weighted by molar-refractivity contribution is 5.97. The maximum atomic E-state index is 13.7. The van der Waals surface area contributed by atoms with Gasteiger partial charge in [-0.3, -0.25) is 19.6 Å². The molecule has 0 radical (unpaired) electrons. The molecule has 4 aliphatic heterocycles. The third-order valence-electron chi connectivity index (χ3n) is 12.8. The van der Waals surface area contributed by atoms with E-state index >= 15 is 0 Å². The number of likely N-dealkylation sites (tertiary alicyclic amines) is 2. The first-order valence-corrected chi connectivity index (χ1v) is 21.0. The van der Waals surface area contributed by atoms with E-state index in [2.05, 4.69) is 95.8 Å². The molecule has 2 saturated heterocycles. The molecular weight excluding hydrogens is 749 g/mol. The van der Waals surface area contributed by atoms with E-state index in [9.17, 15) is 19.2 Å². The van der Waals surface area contributed by atoms with Crippen LogP contribution in [0.4, 0.5) is 9.59 Å². The second-order valence-corrected chi connectivity index (χ2v) is 16.4. The quantitative estimate of drug-likeness (QED) is 0.187. The van der Waals surface area contributed by atoms with Crippen LogP contribution < -0.4 is 21.3 Å². The second kappa shape index (κ2) is 17.7. The number of ether oxygens (including phenoxy) is 2. The molecule has 314 valence electrons. The summed E-state index contributed by atoms with van der Waals surface area (Å²) in [6.07, 6.45) is 2.19. The summed E-state index contributed by atoms with van der Waals surface area (Å²) >= 11 is 0. The lowest BCUT2D eigenvalue weighted by molar-refractivity contribution is -0.135. The minimum absolute atomic E-state index is 0.000737. The summed E-state index contributed by atoms with van der Waals surface area (Å²) in [5, 5.41) is 14.9. The van der Waals surface area contributed by atoms with Crippen molar-refractivity contribution in [3.05, 3.63) is 71.8 Å². The molecule has 0 bridgehead atoms. The van der Waals surface area contributed by atoms with Crippen molar-refractivity contribution in [2.75, 3.05) is 27.3 Å². The maximum absolute atomic E-state index is 13.7. The molecule has 4 aliphatic rings. The minimum Gasteiger partial charge on any atom is -0.453 e. The fourth-order valence-corrected chi connectivity index (χ4v) is 9.15. The molecule has 14 nitrogen and oxygen atoms in total. The average molecular weight is 807 g/mol. The van der Waals surface area contributed by atoms with E-state index in [-0.39, 0.29) is 54.0 Å². The van der Waals surface area contributed by atoms with Gasteiger partial charge in [-0.1, -0.05) is 69.3 Å². The molecule has 14 heteroatoms. The lowest BCUT2D eigenvalue weighted by Crippen LogP contribution is -2.55. The number of hydrogen-bond acceptors (Lipinski definition) is 10. The van der Waals surface area contributed by atoms with Gasteiger partial charge >= 0.3 is 12.2 Å². The molecule has 4 heterocycles. The number of rotatable bonds is 11. The first-order chi connectivity index (χ1) is 28.4. The van der Waals surface area contributed by atoms with Gasteiger partial charge in [-0.05, 0) is 97.0 Å². The van der Waals surface area contributed by atoms with Gasteiger partial charge in [0.15, 0.2) is 0 Å². The van der Waals surface area contributed by atoms with E-state index in [1.165, 1.54) is 14.2 Å². The van der Waals surface area contributed by atoms with Gasteiger partial charge in [0.2, 0.25) is 11.8 Å². The van der Waals surface area contributed by atoms with Gasteiger partial charge in [-0.2, -0.15) is 0 Å². The van der Waals surface area contributed by atoms with E-state index in [1.807, 2.05) is 30.6 Å². The molecule has 3 aromatic rings. The van der Waals surface area contributed by atoms with Crippen LogP contribution in [0.25, 0.3) is 21.9 Å². The van der Waals surface area contributed by atoms with E-state index in [4.69, 9.17) is 19.5 Å². The molecule has 4 amide bonds. The van der Waals surface area contributed by atoms with Crippen molar-refractivity contribution >= 4 is 46.4 Å². The zero-order valence-electron chi connectivity index (χ0n) is 35.2. The molecule has 4 N–H and O–H groups in total. The molecule has 0 saturated carbocycles. The van der Waals surface area contributed by atoms with Crippen LogP contribution in [0.2, 0.25) is 0 Å². The molecule has 3 unspecified atom stereocenters. The molecule has 9 atom stereocenters. The Morgan fingerprint density at radius 3 is 1.83 bits per heavy atom. The monoisotopic (exact) mass is 806 g/mol. The zero-order valence-corrected chi connectivity index (χ0v) is 35.2. The summed E-state index contributed by atoms with van der Waals surface area (Å²) in [7, 11) is 2.60. The minimum atomic E-state index is -0.663. The molecule has 7 rings (SSSR count). The number of carbonyl (C=O) groups excluding carboxylic acids is 4. The Labute approximate surface area is 346 Å². The van der Waals surface area contributed by atoms with Crippen LogP contribution in [0, 0.1) is 5.92 Å². The Morgan fingerprint density at radius 2 is 1.22 bits per heavy atom. The first-order valence-electron chi connectivity index (χ1n) is 21.0.